The molecule has 0 aromatic rings. The van der Waals surface area contributed by atoms with E-state index in [9.17, 15) is 4.79 Å². The third-order valence-electron chi connectivity index (χ3n) is 2.98. The molecule has 16 heavy (non-hydrogen) atoms. The Morgan fingerprint density at radius 1 is 1.56 bits per heavy atom. The van der Waals surface area contributed by atoms with Crippen molar-refractivity contribution >= 4 is 5.91 Å². The Morgan fingerprint density at radius 3 is 2.75 bits per heavy atom. The molecular weight excluding hydrogens is 204 g/mol. The van der Waals surface area contributed by atoms with Crippen LogP contribution < -0.4 is 5.73 Å². The quantitative estimate of drug-likeness (QED) is 0.716. The molecular formula is C11H20N4O. The van der Waals surface area contributed by atoms with Crippen LogP contribution >= 0.6 is 0 Å². The SMILES string of the molecule is CN(CCC#N)C(=O)CN1CCC(N)CC1. The van der Waals surface area contributed by atoms with Crippen molar-refractivity contribution in [2.45, 2.75) is 25.3 Å². The Morgan fingerprint density at radius 2 is 2.19 bits per heavy atom. The fraction of sp³-hybridized carbons (Fsp3) is 0.818. The van der Waals surface area contributed by atoms with Gasteiger partial charge in [0.15, 0.2) is 0 Å². The van der Waals surface area contributed by atoms with E-state index in [0.29, 0.717) is 25.6 Å². The molecule has 1 saturated heterocycles. The zero-order chi connectivity index (χ0) is 12.0. The molecule has 0 spiro atoms. The molecule has 0 unspecified atom stereocenters. The second-order valence-corrected chi connectivity index (χ2v) is 4.34. The Kier molecular flexibility index (Phi) is 5.23. The van der Waals surface area contributed by atoms with Crippen molar-refractivity contribution in [3.63, 3.8) is 0 Å². The maximum atomic E-state index is 11.7. The van der Waals surface area contributed by atoms with Crippen LogP contribution in [0, 0.1) is 11.3 Å². The minimum absolute atomic E-state index is 0.0886. The van der Waals surface area contributed by atoms with Crippen molar-refractivity contribution in [2.75, 3.05) is 33.2 Å². The Balaban J connectivity index is 2.26. The molecule has 1 fully saturated rings. The molecule has 1 aliphatic heterocycles. The monoisotopic (exact) mass is 224 g/mol. The van der Waals surface area contributed by atoms with Gasteiger partial charge in [-0.05, 0) is 12.8 Å². The van der Waals surface area contributed by atoms with E-state index in [1.165, 1.54) is 0 Å². The van der Waals surface area contributed by atoms with E-state index in [1.54, 1.807) is 11.9 Å². The lowest BCUT2D eigenvalue weighted by atomic mass is 10.1. The van der Waals surface area contributed by atoms with Crippen LogP contribution in [0.1, 0.15) is 19.3 Å². The number of carbonyl (C=O) groups is 1. The molecule has 0 aromatic carbocycles. The molecule has 1 aliphatic rings. The average Bonchev–Trinajstić information content (AvgIpc) is 2.29. The lowest BCUT2D eigenvalue weighted by Gasteiger charge is -2.30. The molecule has 2 N–H and O–H groups in total. The third-order valence-corrected chi connectivity index (χ3v) is 2.98. The normalized spacial score (nSPS) is 18.1. The van der Waals surface area contributed by atoms with Crippen LogP contribution in [-0.2, 0) is 4.79 Å². The van der Waals surface area contributed by atoms with Crippen LogP contribution in [0.5, 0.6) is 0 Å². The summed E-state index contributed by atoms with van der Waals surface area (Å²) in [6, 6.07) is 2.33. The first-order valence-electron chi connectivity index (χ1n) is 5.72. The van der Waals surface area contributed by atoms with Crippen molar-refractivity contribution in [3.05, 3.63) is 0 Å². The highest BCUT2D eigenvalue weighted by molar-refractivity contribution is 5.78. The summed E-state index contributed by atoms with van der Waals surface area (Å²) < 4.78 is 0. The highest BCUT2D eigenvalue weighted by atomic mass is 16.2. The predicted octanol–water partition coefficient (Wildman–Crippen LogP) is -0.218. The van der Waals surface area contributed by atoms with Gasteiger partial charge >= 0.3 is 0 Å². The number of amides is 1. The number of rotatable bonds is 4. The summed E-state index contributed by atoms with van der Waals surface area (Å²) in [5, 5.41) is 8.44. The Labute approximate surface area is 96.8 Å². The molecule has 0 aliphatic carbocycles. The molecule has 0 radical (unpaired) electrons. The number of carbonyl (C=O) groups excluding carboxylic acids is 1. The van der Waals surface area contributed by atoms with Crippen molar-refractivity contribution < 1.29 is 4.79 Å². The standard InChI is InChI=1S/C11H20N4O/c1-14(6-2-5-12)11(16)9-15-7-3-10(13)4-8-15/h10H,2-4,6-9,13H2,1H3. The summed E-state index contributed by atoms with van der Waals surface area (Å²) in [6.07, 6.45) is 2.33. The number of likely N-dealkylation sites (tertiary alicyclic amines) is 1. The predicted molar refractivity (Wildman–Crippen MR) is 61.5 cm³/mol. The zero-order valence-electron chi connectivity index (χ0n) is 9.85. The fourth-order valence-electron chi connectivity index (χ4n) is 1.77. The number of hydrogen-bond acceptors (Lipinski definition) is 4. The molecule has 5 nitrogen and oxygen atoms in total. The summed E-state index contributed by atoms with van der Waals surface area (Å²) >= 11 is 0. The molecule has 1 rings (SSSR count). The van der Waals surface area contributed by atoms with E-state index in [4.69, 9.17) is 11.0 Å². The van der Waals surface area contributed by atoms with Gasteiger partial charge in [-0.1, -0.05) is 0 Å². The second-order valence-electron chi connectivity index (χ2n) is 4.34. The Hall–Kier alpha value is -1.12. The van der Waals surface area contributed by atoms with Crippen LogP contribution in [0.15, 0.2) is 0 Å². The summed E-state index contributed by atoms with van der Waals surface area (Å²) in [5.41, 5.74) is 5.80. The smallest absolute Gasteiger partial charge is 0.236 e. The van der Waals surface area contributed by atoms with Crippen molar-refractivity contribution in [2.24, 2.45) is 5.73 Å². The zero-order valence-corrected chi connectivity index (χ0v) is 9.85. The van der Waals surface area contributed by atoms with Gasteiger partial charge in [0.05, 0.1) is 19.0 Å². The van der Waals surface area contributed by atoms with Gasteiger partial charge in [0.25, 0.3) is 0 Å². The van der Waals surface area contributed by atoms with Gasteiger partial charge in [0, 0.05) is 32.7 Å². The van der Waals surface area contributed by atoms with E-state index in [2.05, 4.69) is 4.90 Å². The summed E-state index contributed by atoms with van der Waals surface area (Å²) in [6.45, 7) is 2.77. The van der Waals surface area contributed by atoms with Crippen LogP contribution in [0.4, 0.5) is 0 Å². The first-order valence-corrected chi connectivity index (χ1v) is 5.72. The van der Waals surface area contributed by atoms with Gasteiger partial charge in [-0.2, -0.15) is 5.26 Å². The van der Waals surface area contributed by atoms with Gasteiger partial charge in [-0.3, -0.25) is 9.69 Å². The fourth-order valence-corrected chi connectivity index (χ4v) is 1.77. The second kappa shape index (κ2) is 6.46. The van der Waals surface area contributed by atoms with Crippen LogP contribution in [0.2, 0.25) is 0 Å². The van der Waals surface area contributed by atoms with Gasteiger partial charge in [0.1, 0.15) is 0 Å². The average molecular weight is 224 g/mol. The first kappa shape index (κ1) is 12.9. The molecule has 1 amide bonds. The van der Waals surface area contributed by atoms with Crippen molar-refractivity contribution in [3.8, 4) is 6.07 Å². The summed E-state index contributed by atoms with van der Waals surface area (Å²) in [4.78, 5) is 15.5. The number of likely N-dealkylation sites (N-methyl/N-ethyl adjacent to an activating group) is 1. The van der Waals surface area contributed by atoms with Gasteiger partial charge in [-0.15, -0.1) is 0 Å². The van der Waals surface area contributed by atoms with E-state index >= 15 is 0 Å². The van der Waals surface area contributed by atoms with Gasteiger partial charge < -0.3 is 10.6 Å². The molecule has 0 atom stereocenters. The molecule has 1 heterocycles. The maximum Gasteiger partial charge on any atom is 0.236 e. The number of hydrogen-bond donors (Lipinski definition) is 1. The van der Waals surface area contributed by atoms with Gasteiger partial charge in [-0.25, -0.2) is 0 Å². The number of nitriles is 1. The van der Waals surface area contributed by atoms with Crippen LogP contribution in [0.3, 0.4) is 0 Å². The number of nitrogens with zero attached hydrogens (tertiary/aromatic N) is 3. The lowest BCUT2D eigenvalue weighted by Crippen LogP contribution is -2.45. The van der Waals surface area contributed by atoms with E-state index in [-0.39, 0.29) is 5.91 Å². The van der Waals surface area contributed by atoms with E-state index < -0.39 is 0 Å². The molecule has 90 valence electrons. The summed E-state index contributed by atoms with van der Waals surface area (Å²) in [7, 11) is 1.75. The molecule has 0 bridgehead atoms. The topological polar surface area (TPSA) is 73.4 Å². The minimum atomic E-state index is 0.0886. The number of nitrogens with two attached hydrogens (primary N) is 1. The van der Waals surface area contributed by atoms with Crippen molar-refractivity contribution in [1.82, 2.24) is 9.80 Å². The van der Waals surface area contributed by atoms with Crippen LogP contribution in [0.25, 0.3) is 0 Å². The molecule has 5 heteroatoms. The van der Waals surface area contributed by atoms with E-state index in [1.807, 2.05) is 6.07 Å². The highest BCUT2D eigenvalue weighted by Crippen LogP contribution is 2.07. The first-order chi connectivity index (χ1) is 7.63. The highest BCUT2D eigenvalue weighted by Gasteiger charge is 2.19. The van der Waals surface area contributed by atoms with E-state index in [0.717, 1.165) is 25.9 Å². The lowest BCUT2D eigenvalue weighted by molar-refractivity contribution is -0.131. The minimum Gasteiger partial charge on any atom is -0.344 e. The Bertz CT molecular complexity index is 266. The molecule has 0 saturated carbocycles. The summed E-state index contributed by atoms with van der Waals surface area (Å²) in [5.74, 6) is 0.0886. The third kappa shape index (κ3) is 4.17. The largest absolute Gasteiger partial charge is 0.344 e. The van der Waals surface area contributed by atoms with Crippen molar-refractivity contribution in [1.29, 1.82) is 5.26 Å². The van der Waals surface area contributed by atoms with Gasteiger partial charge in [0.2, 0.25) is 5.91 Å². The molecule has 0 aromatic heterocycles. The number of piperidine rings is 1. The van der Waals surface area contributed by atoms with Crippen LogP contribution in [-0.4, -0.2) is 55.0 Å². The maximum absolute atomic E-state index is 11.7.